The molecule has 0 aliphatic carbocycles. The van der Waals surface area contributed by atoms with E-state index >= 15 is 0 Å². The van der Waals surface area contributed by atoms with Crippen LogP contribution in [0.4, 0.5) is 4.79 Å². The molecule has 0 fully saturated rings. The molecule has 0 spiro atoms. The third kappa shape index (κ3) is 3.58. The summed E-state index contributed by atoms with van der Waals surface area (Å²) in [5, 5.41) is 2.13. The summed E-state index contributed by atoms with van der Waals surface area (Å²) in [7, 11) is 0. The maximum Gasteiger partial charge on any atom is 0.319 e. The van der Waals surface area contributed by atoms with E-state index in [0.29, 0.717) is 5.56 Å². The first-order chi connectivity index (χ1) is 8.60. The SMILES string of the molecule is CCCc1cccc(C(=O)NC(N)=O)c1CCC. The highest BCUT2D eigenvalue weighted by Gasteiger charge is 2.14. The number of primary amides is 1. The summed E-state index contributed by atoms with van der Waals surface area (Å²) in [4.78, 5) is 22.6. The first-order valence-electron chi connectivity index (χ1n) is 6.31. The van der Waals surface area contributed by atoms with Gasteiger partial charge in [0.15, 0.2) is 0 Å². The van der Waals surface area contributed by atoms with Crippen molar-refractivity contribution in [3.05, 3.63) is 34.9 Å². The summed E-state index contributed by atoms with van der Waals surface area (Å²) < 4.78 is 0. The van der Waals surface area contributed by atoms with Crippen LogP contribution in [0.3, 0.4) is 0 Å². The van der Waals surface area contributed by atoms with E-state index in [0.717, 1.165) is 31.2 Å². The highest BCUT2D eigenvalue weighted by molar-refractivity contribution is 6.04. The Hall–Kier alpha value is -1.84. The highest BCUT2D eigenvalue weighted by Crippen LogP contribution is 2.18. The van der Waals surface area contributed by atoms with Crippen molar-refractivity contribution in [1.82, 2.24) is 5.32 Å². The van der Waals surface area contributed by atoms with E-state index in [4.69, 9.17) is 5.73 Å². The number of carbonyl (C=O) groups excluding carboxylic acids is 2. The van der Waals surface area contributed by atoms with Gasteiger partial charge in [0.25, 0.3) is 5.91 Å². The molecule has 0 aliphatic heterocycles. The number of nitrogens with one attached hydrogen (secondary N) is 1. The summed E-state index contributed by atoms with van der Waals surface area (Å²) in [6.07, 6.45) is 3.75. The second-order valence-electron chi connectivity index (χ2n) is 4.26. The average Bonchev–Trinajstić information content (AvgIpc) is 2.31. The third-order valence-corrected chi connectivity index (χ3v) is 2.77. The molecule has 4 heteroatoms. The van der Waals surface area contributed by atoms with E-state index in [1.807, 2.05) is 12.1 Å². The summed E-state index contributed by atoms with van der Waals surface area (Å²) >= 11 is 0. The molecular weight excluding hydrogens is 228 g/mol. The number of imide groups is 1. The molecule has 4 nitrogen and oxygen atoms in total. The van der Waals surface area contributed by atoms with Gasteiger partial charge in [0.1, 0.15) is 0 Å². The van der Waals surface area contributed by atoms with Crippen molar-refractivity contribution in [3.63, 3.8) is 0 Å². The summed E-state index contributed by atoms with van der Waals surface area (Å²) in [6, 6.07) is 4.81. The van der Waals surface area contributed by atoms with Crippen LogP contribution in [0.25, 0.3) is 0 Å². The molecule has 1 aromatic rings. The normalized spacial score (nSPS) is 10.1. The van der Waals surface area contributed by atoms with Crippen molar-refractivity contribution >= 4 is 11.9 Å². The minimum Gasteiger partial charge on any atom is -0.351 e. The number of aryl methyl sites for hydroxylation is 1. The van der Waals surface area contributed by atoms with Crippen molar-refractivity contribution in [3.8, 4) is 0 Å². The number of amides is 3. The molecule has 0 aliphatic rings. The van der Waals surface area contributed by atoms with Gasteiger partial charge in [0, 0.05) is 5.56 Å². The molecule has 0 aromatic heterocycles. The Labute approximate surface area is 108 Å². The Morgan fingerprint density at radius 3 is 2.39 bits per heavy atom. The van der Waals surface area contributed by atoms with Crippen LogP contribution in [0.2, 0.25) is 0 Å². The number of carbonyl (C=O) groups is 2. The average molecular weight is 248 g/mol. The van der Waals surface area contributed by atoms with Crippen LogP contribution in [-0.4, -0.2) is 11.9 Å². The van der Waals surface area contributed by atoms with E-state index in [2.05, 4.69) is 19.2 Å². The fraction of sp³-hybridized carbons (Fsp3) is 0.429. The number of hydrogen-bond donors (Lipinski definition) is 2. The topological polar surface area (TPSA) is 72.2 Å². The standard InChI is InChI=1S/C14H20N2O2/c1-3-6-10-8-5-9-12(11(10)7-4-2)13(17)16-14(15)18/h5,8-9H,3-4,6-7H2,1-2H3,(H3,15,16,17,18). The van der Waals surface area contributed by atoms with Crippen molar-refractivity contribution < 1.29 is 9.59 Å². The maximum atomic E-state index is 11.9. The number of rotatable bonds is 5. The number of nitrogens with two attached hydrogens (primary N) is 1. The highest BCUT2D eigenvalue weighted by atomic mass is 16.2. The van der Waals surface area contributed by atoms with Gasteiger partial charge in [-0.3, -0.25) is 10.1 Å². The third-order valence-electron chi connectivity index (χ3n) is 2.77. The fourth-order valence-electron chi connectivity index (χ4n) is 2.08. The molecule has 1 aromatic carbocycles. The van der Waals surface area contributed by atoms with Crippen molar-refractivity contribution in [2.75, 3.05) is 0 Å². The summed E-state index contributed by atoms with van der Waals surface area (Å²) in [5.74, 6) is -0.413. The molecular formula is C14H20N2O2. The van der Waals surface area contributed by atoms with Crippen LogP contribution in [0, 0.1) is 0 Å². The lowest BCUT2D eigenvalue weighted by atomic mass is 9.94. The maximum absolute atomic E-state index is 11.9. The first-order valence-corrected chi connectivity index (χ1v) is 6.31. The predicted octanol–water partition coefficient (Wildman–Crippen LogP) is 2.40. The molecule has 1 rings (SSSR count). The van der Waals surface area contributed by atoms with Gasteiger partial charge in [0.2, 0.25) is 0 Å². The first kappa shape index (κ1) is 14.2. The van der Waals surface area contributed by atoms with Crippen LogP contribution < -0.4 is 11.1 Å². The van der Waals surface area contributed by atoms with Crippen LogP contribution in [-0.2, 0) is 12.8 Å². The van der Waals surface area contributed by atoms with E-state index in [1.54, 1.807) is 6.07 Å². The van der Waals surface area contributed by atoms with Gasteiger partial charge in [-0.25, -0.2) is 4.79 Å². The minimum absolute atomic E-state index is 0.413. The molecule has 0 bridgehead atoms. The number of hydrogen-bond acceptors (Lipinski definition) is 2. The molecule has 0 saturated carbocycles. The predicted molar refractivity (Wildman–Crippen MR) is 71.5 cm³/mol. The van der Waals surface area contributed by atoms with Gasteiger partial charge in [-0.1, -0.05) is 38.8 Å². The Balaban J connectivity index is 3.12. The molecule has 3 N–H and O–H groups in total. The molecule has 98 valence electrons. The van der Waals surface area contributed by atoms with Crippen LogP contribution in [0.1, 0.15) is 48.2 Å². The van der Waals surface area contributed by atoms with E-state index in [-0.39, 0.29) is 0 Å². The Bertz CT molecular complexity index is 441. The molecule has 0 unspecified atom stereocenters. The second-order valence-corrected chi connectivity index (χ2v) is 4.26. The fourth-order valence-corrected chi connectivity index (χ4v) is 2.08. The lowest BCUT2D eigenvalue weighted by Gasteiger charge is -2.13. The van der Waals surface area contributed by atoms with Gasteiger partial charge in [-0.15, -0.1) is 0 Å². The molecule has 0 heterocycles. The quantitative estimate of drug-likeness (QED) is 0.839. The summed E-state index contributed by atoms with van der Waals surface area (Å²) in [6.45, 7) is 4.17. The van der Waals surface area contributed by atoms with Gasteiger partial charge < -0.3 is 5.73 Å². The van der Waals surface area contributed by atoms with Gasteiger partial charge in [-0.2, -0.15) is 0 Å². The second kappa shape index (κ2) is 6.79. The van der Waals surface area contributed by atoms with Crippen LogP contribution >= 0.6 is 0 Å². The van der Waals surface area contributed by atoms with Gasteiger partial charge >= 0.3 is 6.03 Å². The zero-order valence-electron chi connectivity index (χ0n) is 11.0. The van der Waals surface area contributed by atoms with Crippen molar-refractivity contribution in [2.45, 2.75) is 39.5 Å². The lowest BCUT2D eigenvalue weighted by Crippen LogP contribution is -2.35. The molecule has 0 atom stereocenters. The summed E-state index contributed by atoms with van der Waals surface area (Å²) in [5.41, 5.74) is 7.74. The van der Waals surface area contributed by atoms with Crippen molar-refractivity contribution in [2.24, 2.45) is 5.73 Å². The van der Waals surface area contributed by atoms with E-state index in [1.165, 1.54) is 5.56 Å². The molecule has 3 amide bonds. The lowest BCUT2D eigenvalue weighted by molar-refractivity contribution is 0.0965. The Morgan fingerprint density at radius 1 is 1.17 bits per heavy atom. The smallest absolute Gasteiger partial charge is 0.319 e. The minimum atomic E-state index is -0.816. The number of urea groups is 1. The van der Waals surface area contributed by atoms with E-state index < -0.39 is 11.9 Å². The van der Waals surface area contributed by atoms with Crippen LogP contribution in [0.5, 0.6) is 0 Å². The Morgan fingerprint density at radius 2 is 1.83 bits per heavy atom. The molecule has 0 saturated heterocycles. The zero-order valence-corrected chi connectivity index (χ0v) is 11.0. The zero-order chi connectivity index (χ0) is 13.5. The largest absolute Gasteiger partial charge is 0.351 e. The molecule has 0 radical (unpaired) electrons. The monoisotopic (exact) mass is 248 g/mol. The Kier molecular flexibility index (Phi) is 5.36. The molecule has 18 heavy (non-hydrogen) atoms. The van der Waals surface area contributed by atoms with E-state index in [9.17, 15) is 9.59 Å². The van der Waals surface area contributed by atoms with Crippen LogP contribution in [0.15, 0.2) is 18.2 Å². The number of benzene rings is 1. The van der Waals surface area contributed by atoms with Crippen molar-refractivity contribution in [1.29, 1.82) is 0 Å². The van der Waals surface area contributed by atoms with Gasteiger partial charge in [-0.05, 0) is 30.0 Å². The van der Waals surface area contributed by atoms with Gasteiger partial charge in [0.05, 0.1) is 0 Å².